The van der Waals surface area contributed by atoms with Crippen molar-refractivity contribution in [1.82, 2.24) is 5.32 Å². The van der Waals surface area contributed by atoms with Crippen molar-refractivity contribution in [2.24, 2.45) is 5.92 Å². The molecular formula is C14H20FNO2. The molecule has 0 saturated carbocycles. The van der Waals surface area contributed by atoms with Crippen LogP contribution in [0, 0.1) is 11.7 Å². The Labute approximate surface area is 107 Å². The highest BCUT2D eigenvalue weighted by Gasteiger charge is 2.07. The summed E-state index contributed by atoms with van der Waals surface area (Å²) >= 11 is 0. The Hall–Kier alpha value is -1.42. The number of nitrogens with one attached hydrogen (secondary N) is 1. The smallest absolute Gasteiger partial charge is 0.224 e. The van der Waals surface area contributed by atoms with Crippen molar-refractivity contribution in [3.8, 4) is 0 Å². The molecule has 0 fully saturated rings. The van der Waals surface area contributed by atoms with Crippen molar-refractivity contribution >= 4 is 5.91 Å². The van der Waals surface area contributed by atoms with Crippen LogP contribution < -0.4 is 5.32 Å². The number of aliphatic hydroxyl groups is 1. The van der Waals surface area contributed by atoms with E-state index in [0.29, 0.717) is 12.1 Å². The van der Waals surface area contributed by atoms with Crippen molar-refractivity contribution < 1.29 is 14.3 Å². The summed E-state index contributed by atoms with van der Waals surface area (Å²) in [4.78, 5) is 11.6. The van der Waals surface area contributed by atoms with Crippen molar-refractivity contribution in [3.05, 3.63) is 35.6 Å². The lowest BCUT2D eigenvalue weighted by Gasteiger charge is -2.08. The number of benzene rings is 1. The Bertz CT molecular complexity index is 382. The highest BCUT2D eigenvalue weighted by Crippen LogP contribution is 2.07. The summed E-state index contributed by atoms with van der Waals surface area (Å²) in [6.45, 7) is 2.70. The molecule has 1 unspecified atom stereocenters. The van der Waals surface area contributed by atoms with Gasteiger partial charge in [-0.3, -0.25) is 4.79 Å². The summed E-state index contributed by atoms with van der Waals surface area (Å²) in [7, 11) is 0. The van der Waals surface area contributed by atoms with Crippen LogP contribution in [0.25, 0.3) is 0 Å². The Kier molecular flexibility index (Phi) is 6.36. The average Bonchev–Trinajstić information content (AvgIpc) is 2.37. The first-order valence-electron chi connectivity index (χ1n) is 6.24. The fourth-order valence-corrected chi connectivity index (χ4v) is 1.65. The Morgan fingerprint density at radius 1 is 1.44 bits per heavy atom. The highest BCUT2D eigenvalue weighted by atomic mass is 19.1. The van der Waals surface area contributed by atoms with Gasteiger partial charge in [0.25, 0.3) is 0 Å². The number of hydrogen-bond acceptors (Lipinski definition) is 2. The first-order valence-corrected chi connectivity index (χ1v) is 6.24. The maximum absolute atomic E-state index is 13.3. The van der Waals surface area contributed by atoms with E-state index >= 15 is 0 Å². The van der Waals surface area contributed by atoms with E-state index in [1.807, 2.05) is 6.92 Å². The van der Waals surface area contributed by atoms with Gasteiger partial charge in [0, 0.05) is 13.2 Å². The van der Waals surface area contributed by atoms with Crippen LogP contribution in [0.15, 0.2) is 24.3 Å². The van der Waals surface area contributed by atoms with Gasteiger partial charge in [-0.25, -0.2) is 4.39 Å². The van der Waals surface area contributed by atoms with Crippen molar-refractivity contribution in [3.63, 3.8) is 0 Å². The van der Waals surface area contributed by atoms with E-state index in [9.17, 15) is 9.18 Å². The van der Waals surface area contributed by atoms with Crippen LogP contribution in [-0.4, -0.2) is 24.2 Å². The first kappa shape index (κ1) is 14.6. The fraction of sp³-hybridized carbons (Fsp3) is 0.500. The van der Waals surface area contributed by atoms with Crippen LogP contribution in [0.3, 0.4) is 0 Å². The zero-order valence-corrected chi connectivity index (χ0v) is 10.7. The van der Waals surface area contributed by atoms with E-state index in [-0.39, 0.29) is 30.7 Å². The van der Waals surface area contributed by atoms with Gasteiger partial charge in [-0.05, 0) is 30.4 Å². The van der Waals surface area contributed by atoms with Crippen molar-refractivity contribution in [1.29, 1.82) is 0 Å². The van der Waals surface area contributed by atoms with E-state index in [1.165, 1.54) is 6.07 Å². The molecule has 4 heteroatoms. The number of halogens is 1. The lowest BCUT2D eigenvalue weighted by molar-refractivity contribution is -0.120. The number of amides is 1. The van der Waals surface area contributed by atoms with E-state index in [2.05, 4.69) is 5.32 Å². The number of carbonyl (C=O) groups excluding carboxylic acids is 1. The van der Waals surface area contributed by atoms with Crippen LogP contribution in [0.4, 0.5) is 4.39 Å². The minimum Gasteiger partial charge on any atom is -0.396 e. The highest BCUT2D eigenvalue weighted by molar-refractivity contribution is 5.78. The van der Waals surface area contributed by atoms with E-state index in [4.69, 9.17) is 5.11 Å². The third kappa shape index (κ3) is 5.27. The second-order valence-electron chi connectivity index (χ2n) is 4.55. The average molecular weight is 253 g/mol. The topological polar surface area (TPSA) is 49.3 Å². The second kappa shape index (κ2) is 7.82. The van der Waals surface area contributed by atoms with Gasteiger partial charge in [-0.2, -0.15) is 0 Å². The molecule has 0 bridgehead atoms. The molecule has 1 atom stereocenters. The van der Waals surface area contributed by atoms with Gasteiger partial charge < -0.3 is 10.4 Å². The predicted molar refractivity (Wildman–Crippen MR) is 68.6 cm³/mol. The Morgan fingerprint density at radius 2 is 2.17 bits per heavy atom. The van der Waals surface area contributed by atoms with Gasteiger partial charge in [-0.15, -0.1) is 0 Å². The lowest BCUT2D eigenvalue weighted by Crippen LogP contribution is -2.26. The Balaban J connectivity index is 2.24. The normalized spacial score (nSPS) is 12.2. The minimum atomic E-state index is -0.346. The third-order valence-electron chi connectivity index (χ3n) is 2.82. The van der Waals surface area contributed by atoms with Gasteiger partial charge in [0.1, 0.15) is 5.82 Å². The molecule has 0 saturated heterocycles. The number of hydrogen-bond donors (Lipinski definition) is 2. The molecule has 2 N–H and O–H groups in total. The molecule has 1 aromatic carbocycles. The summed E-state index contributed by atoms with van der Waals surface area (Å²) in [6, 6.07) is 6.29. The van der Waals surface area contributed by atoms with Gasteiger partial charge in [0.15, 0.2) is 0 Å². The predicted octanol–water partition coefficient (Wildman–Crippen LogP) is 1.89. The van der Waals surface area contributed by atoms with E-state index in [0.717, 1.165) is 12.8 Å². The maximum Gasteiger partial charge on any atom is 0.224 e. The molecular weight excluding hydrogens is 233 g/mol. The molecule has 1 rings (SSSR count). The number of rotatable bonds is 7. The molecule has 0 radical (unpaired) electrons. The molecule has 0 aromatic heterocycles. The molecule has 0 aliphatic heterocycles. The van der Waals surface area contributed by atoms with Crippen LogP contribution in [0.2, 0.25) is 0 Å². The van der Waals surface area contributed by atoms with E-state index in [1.54, 1.807) is 18.2 Å². The summed E-state index contributed by atoms with van der Waals surface area (Å²) in [5, 5.41) is 11.6. The number of aliphatic hydroxyl groups excluding tert-OH is 1. The standard InChI is InChI=1S/C14H20FNO2/c1-11(10-17)5-4-8-16-14(18)9-12-6-2-3-7-13(12)15/h2-3,6-7,11,17H,4-5,8-10H2,1H3,(H,16,18). The molecule has 0 spiro atoms. The molecule has 100 valence electrons. The third-order valence-corrected chi connectivity index (χ3v) is 2.82. The monoisotopic (exact) mass is 253 g/mol. The zero-order valence-electron chi connectivity index (χ0n) is 10.7. The summed E-state index contributed by atoms with van der Waals surface area (Å²) < 4.78 is 13.3. The lowest BCUT2D eigenvalue weighted by atomic mass is 10.1. The molecule has 0 heterocycles. The van der Waals surface area contributed by atoms with Crippen LogP contribution in [0.5, 0.6) is 0 Å². The van der Waals surface area contributed by atoms with Crippen LogP contribution >= 0.6 is 0 Å². The molecule has 3 nitrogen and oxygen atoms in total. The molecule has 0 aliphatic rings. The molecule has 1 aromatic rings. The molecule has 0 aliphatic carbocycles. The molecule has 1 amide bonds. The van der Waals surface area contributed by atoms with E-state index < -0.39 is 0 Å². The Morgan fingerprint density at radius 3 is 2.83 bits per heavy atom. The maximum atomic E-state index is 13.3. The van der Waals surface area contributed by atoms with Crippen molar-refractivity contribution in [2.75, 3.05) is 13.2 Å². The van der Waals surface area contributed by atoms with Crippen molar-refractivity contribution in [2.45, 2.75) is 26.2 Å². The first-order chi connectivity index (χ1) is 8.63. The van der Waals surface area contributed by atoms with Gasteiger partial charge in [-0.1, -0.05) is 25.1 Å². The second-order valence-corrected chi connectivity index (χ2v) is 4.55. The summed E-state index contributed by atoms with van der Waals surface area (Å²) in [5.41, 5.74) is 0.415. The van der Waals surface area contributed by atoms with Gasteiger partial charge >= 0.3 is 0 Å². The summed E-state index contributed by atoms with van der Waals surface area (Å²) in [6.07, 6.45) is 1.77. The summed E-state index contributed by atoms with van der Waals surface area (Å²) in [5.74, 6) is -0.258. The fourth-order valence-electron chi connectivity index (χ4n) is 1.65. The SMILES string of the molecule is CC(CO)CCCNC(=O)Cc1ccccc1F. The van der Waals surface area contributed by atoms with Crippen LogP contribution in [0.1, 0.15) is 25.3 Å². The largest absolute Gasteiger partial charge is 0.396 e. The molecule has 18 heavy (non-hydrogen) atoms. The zero-order chi connectivity index (χ0) is 13.4. The van der Waals surface area contributed by atoms with Crippen LogP contribution in [-0.2, 0) is 11.2 Å². The van der Waals surface area contributed by atoms with Gasteiger partial charge in [0.2, 0.25) is 5.91 Å². The minimum absolute atomic E-state index is 0.0717. The van der Waals surface area contributed by atoms with Gasteiger partial charge in [0.05, 0.1) is 6.42 Å². The number of carbonyl (C=O) groups is 1. The quantitative estimate of drug-likeness (QED) is 0.729.